The quantitative estimate of drug-likeness (QED) is 0.541. The van der Waals surface area contributed by atoms with Crippen molar-refractivity contribution in [3.05, 3.63) is 29.6 Å². The summed E-state index contributed by atoms with van der Waals surface area (Å²) in [5.74, 6) is -0.122. The number of hydrogen-bond donors (Lipinski definition) is 1. The summed E-state index contributed by atoms with van der Waals surface area (Å²) in [5.41, 5.74) is 7.05. The lowest BCUT2D eigenvalue weighted by Crippen LogP contribution is -1.94. The smallest absolute Gasteiger partial charge is 0.126 e. The predicted molar refractivity (Wildman–Crippen MR) is 67.9 cm³/mol. The number of benzene rings is 1. The highest BCUT2D eigenvalue weighted by molar-refractivity contribution is 5.41. The Balaban J connectivity index is 2.23. The van der Waals surface area contributed by atoms with E-state index >= 15 is 0 Å². The topological polar surface area (TPSA) is 26.0 Å². The molecular weight excluding hydrogens is 201 g/mol. The van der Waals surface area contributed by atoms with Crippen LogP contribution in [-0.2, 0) is 6.42 Å². The van der Waals surface area contributed by atoms with E-state index in [1.165, 1.54) is 38.2 Å². The van der Waals surface area contributed by atoms with Crippen molar-refractivity contribution in [2.75, 3.05) is 5.73 Å². The third-order valence-electron chi connectivity index (χ3n) is 2.87. The van der Waals surface area contributed by atoms with Gasteiger partial charge in [-0.1, -0.05) is 39.0 Å². The van der Waals surface area contributed by atoms with Gasteiger partial charge in [-0.05, 0) is 36.6 Å². The number of anilines is 1. The zero-order valence-corrected chi connectivity index (χ0v) is 10.1. The molecule has 0 bridgehead atoms. The van der Waals surface area contributed by atoms with Crippen LogP contribution in [-0.4, -0.2) is 0 Å². The van der Waals surface area contributed by atoms with E-state index in [1.807, 2.05) is 0 Å². The van der Waals surface area contributed by atoms with Crippen molar-refractivity contribution in [2.45, 2.75) is 51.9 Å². The molecule has 0 saturated carbocycles. The van der Waals surface area contributed by atoms with Crippen LogP contribution in [0.5, 0.6) is 0 Å². The third-order valence-corrected chi connectivity index (χ3v) is 2.87. The molecule has 1 nitrogen and oxygen atoms in total. The molecule has 0 saturated heterocycles. The van der Waals surface area contributed by atoms with Gasteiger partial charge < -0.3 is 5.73 Å². The second-order valence-corrected chi connectivity index (χ2v) is 4.37. The monoisotopic (exact) mass is 223 g/mol. The largest absolute Gasteiger partial charge is 0.399 e. The number of rotatable bonds is 7. The standard InChI is InChI=1S/C14H22FN/c1-2-3-4-5-6-7-8-12-11-13(16)9-10-14(12)15/h9-11H,2-8,16H2,1H3. The maximum atomic E-state index is 13.3. The van der Waals surface area contributed by atoms with E-state index in [2.05, 4.69) is 6.92 Å². The van der Waals surface area contributed by atoms with E-state index in [9.17, 15) is 4.39 Å². The lowest BCUT2D eigenvalue weighted by atomic mass is 10.0. The number of unbranched alkanes of at least 4 members (excludes halogenated alkanes) is 5. The summed E-state index contributed by atoms with van der Waals surface area (Å²) >= 11 is 0. The molecule has 90 valence electrons. The highest BCUT2D eigenvalue weighted by Gasteiger charge is 2.01. The molecule has 0 amide bonds. The van der Waals surface area contributed by atoms with Crippen LogP contribution in [0.3, 0.4) is 0 Å². The molecule has 0 spiro atoms. The Morgan fingerprint density at radius 1 is 1.06 bits per heavy atom. The fourth-order valence-electron chi connectivity index (χ4n) is 1.88. The molecule has 0 aromatic heterocycles. The van der Waals surface area contributed by atoms with E-state index in [1.54, 1.807) is 12.1 Å². The molecule has 0 unspecified atom stereocenters. The molecule has 0 atom stereocenters. The summed E-state index contributed by atoms with van der Waals surface area (Å²) in [5, 5.41) is 0. The minimum atomic E-state index is -0.122. The van der Waals surface area contributed by atoms with Crippen LogP contribution in [0.2, 0.25) is 0 Å². The highest BCUT2D eigenvalue weighted by atomic mass is 19.1. The Hall–Kier alpha value is -1.05. The van der Waals surface area contributed by atoms with Crippen molar-refractivity contribution >= 4 is 5.69 Å². The van der Waals surface area contributed by atoms with Gasteiger partial charge in [0, 0.05) is 5.69 Å². The first-order chi connectivity index (χ1) is 7.74. The van der Waals surface area contributed by atoms with Gasteiger partial charge in [-0.15, -0.1) is 0 Å². The molecule has 0 heterocycles. The second kappa shape index (κ2) is 7.26. The molecule has 1 aromatic carbocycles. The van der Waals surface area contributed by atoms with E-state index in [0.29, 0.717) is 5.69 Å². The molecule has 2 N–H and O–H groups in total. The second-order valence-electron chi connectivity index (χ2n) is 4.37. The van der Waals surface area contributed by atoms with E-state index in [-0.39, 0.29) is 5.82 Å². The third kappa shape index (κ3) is 4.65. The number of nitrogens with two attached hydrogens (primary N) is 1. The van der Waals surface area contributed by atoms with Crippen molar-refractivity contribution in [2.24, 2.45) is 0 Å². The number of aryl methyl sites for hydroxylation is 1. The number of nitrogen functional groups attached to an aromatic ring is 1. The summed E-state index contributed by atoms with van der Waals surface area (Å²) < 4.78 is 13.3. The Labute approximate surface area is 97.9 Å². The zero-order valence-electron chi connectivity index (χ0n) is 10.1. The van der Waals surface area contributed by atoms with Crippen LogP contribution in [0.25, 0.3) is 0 Å². The molecule has 0 aliphatic rings. The summed E-state index contributed by atoms with van der Waals surface area (Å²) in [6.45, 7) is 2.21. The fraction of sp³-hybridized carbons (Fsp3) is 0.571. The molecular formula is C14H22FN. The molecule has 0 fully saturated rings. The van der Waals surface area contributed by atoms with Crippen molar-refractivity contribution < 1.29 is 4.39 Å². The van der Waals surface area contributed by atoms with E-state index in [4.69, 9.17) is 5.73 Å². The van der Waals surface area contributed by atoms with Gasteiger partial charge in [-0.3, -0.25) is 0 Å². The Bertz CT molecular complexity index is 310. The average molecular weight is 223 g/mol. The van der Waals surface area contributed by atoms with Crippen LogP contribution in [0.1, 0.15) is 51.0 Å². The van der Waals surface area contributed by atoms with Crippen molar-refractivity contribution in [1.29, 1.82) is 0 Å². The van der Waals surface area contributed by atoms with Crippen molar-refractivity contribution in [3.63, 3.8) is 0 Å². The first-order valence-corrected chi connectivity index (χ1v) is 6.28. The van der Waals surface area contributed by atoms with Gasteiger partial charge in [0.15, 0.2) is 0 Å². The number of halogens is 1. The molecule has 1 aromatic rings. The summed E-state index contributed by atoms with van der Waals surface area (Å²) in [6.07, 6.45) is 8.20. The molecule has 0 radical (unpaired) electrons. The Morgan fingerprint density at radius 2 is 1.75 bits per heavy atom. The normalized spacial score (nSPS) is 10.6. The molecule has 0 aliphatic heterocycles. The number of hydrogen-bond acceptors (Lipinski definition) is 1. The Kier molecular flexibility index (Phi) is 5.91. The summed E-state index contributed by atoms with van der Waals surface area (Å²) in [7, 11) is 0. The molecule has 16 heavy (non-hydrogen) atoms. The lowest BCUT2D eigenvalue weighted by Gasteiger charge is -2.04. The van der Waals surface area contributed by atoms with Gasteiger partial charge in [-0.2, -0.15) is 0 Å². The SMILES string of the molecule is CCCCCCCCc1cc(N)ccc1F. The minimum absolute atomic E-state index is 0.122. The van der Waals surface area contributed by atoms with Crippen LogP contribution in [0.4, 0.5) is 10.1 Å². The van der Waals surface area contributed by atoms with E-state index < -0.39 is 0 Å². The highest BCUT2D eigenvalue weighted by Crippen LogP contribution is 2.15. The van der Waals surface area contributed by atoms with Crippen LogP contribution in [0.15, 0.2) is 18.2 Å². The van der Waals surface area contributed by atoms with Gasteiger partial charge in [0.1, 0.15) is 5.82 Å². The zero-order chi connectivity index (χ0) is 11.8. The average Bonchev–Trinajstić information content (AvgIpc) is 2.28. The van der Waals surface area contributed by atoms with Crippen LogP contribution in [0, 0.1) is 5.82 Å². The van der Waals surface area contributed by atoms with Crippen molar-refractivity contribution in [1.82, 2.24) is 0 Å². The first-order valence-electron chi connectivity index (χ1n) is 6.28. The van der Waals surface area contributed by atoms with Gasteiger partial charge in [-0.25, -0.2) is 4.39 Å². The van der Waals surface area contributed by atoms with Crippen LogP contribution >= 0.6 is 0 Å². The van der Waals surface area contributed by atoms with Crippen molar-refractivity contribution in [3.8, 4) is 0 Å². The summed E-state index contributed by atoms with van der Waals surface area (Å²) in [6, 6.07) is 4.82. The molecule has 0 aliphatic carbocycles. The van der Waals surface area contributed by atoms with E-state index in [0.717, 1.165) is 18.4 Å². The van der Waals surface area contributed by atoms with Gasteiger partial charge >= 0.3 is 0 Å². The Morgan fingerprint density at radius 3 is 2.50 bits per heavy atom. The van der Waals surface area contributed by atoms with Gasteiger partial charge in [0.25, 0.3) is 0 Å². The summed E-state index contributed by atoms with van der Waals surface area (Å²) in [4.78, 5) is 0. The first kappa shape index (κ1) is 13.0. The maximum absolute atomic E-state index is 13.3. The maximum Gasteiger partial charge on any atom is 0.126 e. The molecule has 2 heteroatoms. The minimum Gasteiger partial charge on any atom is -0.399 e. The fourth-order valence-corrected chi connectivity index (χ4v) is 1.88. The van der Waals surface area contributed by atoms with Gasteiger partial charge in [0.2, 0.25) is 0 Å². The van der Waals surface area contributed by atoms with Crippen LogP contribution < -0.4 is 5.73 Å². The molecule has 1 rings (SSSR count). The van der Waals surface area contributed by atoms with Gasteiger partial charge in [0.05, 0.1) is 0 Å². The lowest BCUT2D eigenvalue weighted by molar-refractivity contribution is 0.580. The predicted octanol–water partition coefficient (Wildman–Crippen LogP) is 4.31.